The maximum Gasteiger partial charge on any atom is 0.323 e. The summed E-state index contributed by atoms with van der Waals surface area (Å²) in [6.07, 6.45) is 0. The predicted octanol–water partition coefficient (Wildman–Crippen LogP) is 2.77. The lowest BCUT2D eigenvalue weighted by Crippen LogP contribution is -1.99. The molecule has 0 aliphatic carbocycles. The van der Waals surface area contributed by atoms with Gasteiger partial charge in [0.1, 0.15) is 0 Å². The van der Waals surface area contributed by atoms with Crippen LogP contribution in [0, 0.1) is 13.8 Å². The highest BCUT2D eigenvalue weighted by Crippen LogP contribution is 2.24. The molecule has 0 unspecified atom stereocenters. The Labute approximate surface area is 113 Å². The van der Waals surface area contributed by atoms with Gasteiger partial charge in [-0.15, -0.1) is 11.3 Å². The molecule has 0 radical (unpaired) electrons. The van der Waals surface area contributed by atoms with Crippen molar-refractivity contribution in [1.82, 2.24) is 9.97 Å². The van der Waals surface area contributed by atoms with Crippen molar-refractivity contribution in [2.75, 3.05) is 0 Å². The Balaban J connectivity index is 2.08. The number of ketones is 1. The smallest absolute Gasteiger partial charge is 0.306 e. The van der Waals surface area contributed by atoms with Crippen molar-refractivity contribution in [2.24, 2.45) is 0 Å². The normalized spacial score (nSPS) is 11.1. The number of benzene rings is 1. The molecule has 4 nitrogen and oxygen atoms in total. The lowest BCUT2D eigenvalue weighted by atomic mass is 10.1. The minimum Gasteiger partial charge on any atom is -0.306 e. The van der Waals surface area contributed by atoms with Gasteiger partial charge in [-0.05, 0) is 43.7 Å². The molecule has 5 heteroatoms. The molecule has 1 aromatic carbocycles. The number of nitrogens with one attached hydrogen (secondary N) is 2. The second-order valence-electron chi connectivity index (χ2n) is 4.52. The van der Waals surface area contributed by atoms with Crippen LogP contribution < -0.4 is 5.69 Å². The first kappa shape index (κ1) is 11.9. The average molecular weight is 272 g/mol. The third kappa shape index (κ3) is 2.02. The summed E-state index contributed by atoms with van der Waals surface area (Å²) in [5, 5.41) is 0. The minimum absolute atomic E-state index is 0.00912. The zero-order valence-corrected chi connectivity index (χ0v) is 11.4. The van der Waals surface area contributed by atoms with E-state index in [1.54, 1.807) is 18.2 Å². The first-order valence-corrected chi connectivity index (χ1v) is 6.70. The van der Waals surface area contributed by atoms with Crippen LogP contribution in [-0.2, 0) is 0 Å². The summed E-state index contributed by atoms with van der Waals surface area (Å²) in [4.78, 5) is 30.8. The van der Waals surface area contributed by atoms with Crippen molar-refractivity contribution >= 4 is 28.2 Å². The summed E-state index contributed by atoms with van der Waals surface area (Å²) in [5.41, 5.74) is 2.82. The summed E-state index contributed by atoms with van der Waals surface area (Å²) in [6.45, 7) is 4.00. The molecule has 19 heavy (non-hydrogen) atoms. The molecule has 0 saturated carbocycles. The Morgan fingerprint density at radius 1 is 1.11 bits per heavy atom. The molecule has 3 aromatic rings. The second kappa shape index (κ2) is 4.20. The summed E-state index contributed by atoms with van der Waals surface area (Å²) in [6, 6.07) is 7.10. The molecule has 2 aromatic heterocycles. The predicted molar refractivity (Wildman–Crippen MR) is 76.1 cm³/mol. The number of imidazole rings is 1. The van der Waals surface area contributed by atoms with Crippen molar-refractivity contribution in [1.29, 1.82) is 0 Å². The van der Waals surface area contributed by atoms with Gasteiger partial charge in [0.2, 0.25) is 5.78 Å². The van der Waals surface area contributed by atoms with E-state index in [2.05, 4.69) is 9.97 Å². The van der Waals surface area contributed by atoms with Gasteiger partial charge in [-0.3, -0.25) is 4.79 Å². The lowest BCUT2D eigenvalue weighted by molar-refractivity contribution is 0.104. The fourth-order valence-corrected chi connectivity index (χ4v) is 3.00. The Kier molecular flexibility index (Phi) is 2.64. The van der Waals surface area contributed by atoms with E-state index in [9.17, 15) is 9.59 Å². The van der Waals surface area contributed by atoms with Gasteiger partial charge in [0.25, 0.3) is 0 Å². The number of thiophene rings is 1. The number of hydrogen-bond donors (Lipinski definition) is 2. The van der Waals surface area contributed by atoms with Crippen molar-refractivity contribution < 1.29 is 4.79 Å². The SMILES string of the molecule is Cc1cc(C(=O)c2ccc3[nH]c(=O)[nH]c3c2)sc1C. The quantitative estimate of drug-likeness (QED) is 0.704. The van der Waals surface area contributed by atoms with Crippen molar-refractivity contribution in [3.8, 4) is 0 Å². The third-order valence-corrected chi connectivity index (χ3v) is 4.32. The van der Waals surface area contributed by atoms with E-state index >= 15 is 0 Å². The van der Waals surface area contributed by atoms with Crippen LogP contribution in [0.3, 0.4) is 0 Å². The first-order valence-electron chi connectivity index (χ1n) is 5.88. The van der Waals surface area contributed by atoms with Gasteiger partial charge in [-0.25, -0.2) is 4.79 Å². The zero-order valence-electron chi connectivity index (χ0n) is 10.5. The average Bonchev–Trinajstić information content (AvgIpc) is 2.90. The molecular weight excluding hydrogens is 260 g/mol. The Morgan fingerprint density at radius 2 is 1.84 bits per heavy atom. The monoisotopic (exact) mass is 272 g/mol. The second-order valence-corrected chi connectivity index (χ2v) is 5.77. The number of aromatic nitrogens is 2. The van der Waals surface area contributed by atoms with Gasteiger partial charge >= 0.3 is 5.69 Å². The molecule has 0 aliphatic rings. The molecule has 2 N–H and O–H groups in total. The van der Waals surface area contributed by atoms with Crippen LogP contribution in [-0.4, -0.2) is 15.8 Å². The highest BCUT2D eigenvalue weighted by Gasteiger charge is 2.13. The number of aryl methyl sites for hydroxylation is 2. The van der Waals surface area contributed by atoms with Gasteiger partial charge in [0.05, 0.1) is 15.9 Å². The van der Waals surface area contributed by atoms with Crippen LogP contribution in [0.15, 0.2) is 29.1 Å². The number of hydrogen-bond acceptors (Lipinski definition) is 3. The van der Waals surface area contributed by atoms with Gasteiger partial charge in [-0.1, -0.05) is 0 Å². The molecule has 3 rings (SSSR count). The molecule has 0 aliphatic heterocycles. The van der Waals surface area contributed by atoms with E-state index in [0.717, 1.165) is 15.3 Å². The number of aromatic amines is 2. The van der Waals surface area contributed by atoms with Gasteiger partial charge in [-0.2, -0.15) is 0 Å². The standard InChI is InChI=1S/C14H12N2O2S/c1-7-5-12(19-8(7)2)13(17)9-3-4-10-11(6-9)16-14(18)15-10/h3-6H,1-2H3,(H2,15,16,18). The Hall–Kier alpha value is -2.14. The molecule has 0 bridgehead atoms. The number of H-pyrrole nitrogens is 2. The molecule has 0 amide bonds. The highest BCUT2D eigenvalue weighted by molar-refractivity contribution is 7.14. The van der Waals surface area contributed by atoms with E-state index in [-0.39, 0.29) is 11.5 Å². The molecule has 96 valence electrons. The molecule has 2 heterocycles. The van der Waals surface area contributed by atoms with E-state index in [1.807, 2.05) is 19.9 Å². The number of carbonyl (C=O) groups is 1. The molecule has 0 fully saturated rings. The Bertz CT molecular complexity index is 819. The minimum atomic E-state index is -0.262. The molecular formula is C14H12N2O2S. The number of rotatable bonds is 2. The molecule has 0 spiro atoms. The largest absolute Gasteiger partial charge is 0.323 e. The van der Waals surface area contributed by atoms with Crippen LogP contribution in [0.5, 0.6) is 0 Å². The molecule has 0 saturated heterocycles. The Morgan fingerprint density at radius 3 is 2.53 bits per heavy atom. The number of carbonyl (C=O) groups excluding carboxylic acids is 1. The fraction of sp³-hybridized carbons (Fsp3) is 0.143. The van der Waals surface area contributed by atoms with E-state index in [0.29, 0.717) is 16.6 Å². The van der Waals surface area contributed by atoms with Crippen molar-refractivity contribution in [2.45, 2.75) is 13.8 Å². The zero-order chi connectivity index (χ0) is 13.6. The van der Waals surface area contributed by atoms with E-state index < -0.39 is 0 Å². The summed E-state index contributed by atoms with van der Waals surface area (Å²) in [5.74, 6) is -0.00912. The van der Waals surface area contributed by atoms with Gasteiger partial charge in [0, 0.05) is 10.4 Å². The lowest BCUT2D eigenvalue weighted by Gasteiger charge is -1.98. The van der Waals surface area contributed by atoms with Gasteiger partial charge in [0.15, 0.2) is 0 Å². The maximum atomic E-state index is 12.4. The van der Waals surface area contributed by atoms with Crippen molar-refractivity contribution in [3.05, 3.63) is 55.6 Å². The number of fused-ring (bicyclic) bond motifs is 1. The van der Waals surface area contributed by atoms with E-state index in [4.69, 9.17) is 0 Å². The van der Waals surface area contributed by atoms with Gasteiger partial charge < -0.3 is 9.97 Å². The summed E-state index contributed by atoms with van der Waals surface area (Å²) >= 11 is 1.50. The highest BCUT2D eigenvalue weighted by atomic mass is 32.1. The summed E-state index contributed by atoms with van der Waals surface area (Å²) < 4.78 is 0. The van der Waals surface area contributed by atoms with Crippen LogP contribution in [0.25, 0.3) is 11.0 Å². The third-order valence-electron chi connectivity index (χ3n) is 3.17. The molecule has 0 atom stereocenters. The van der Waals surface area contributed by atoms with Crippen molar-refractivity contribution in [3.63, 3.8) is 0 Å². The fourth-order valence-electron chi connectivity index (χ4n) is 2.00. The topological polar surface area (TPSA) is 65.7 Å². The van der Waals surface area contributed by atoms with E-state index in [1.165, 1.54) is 11.3 Å². The maximum absolute atomic E-state index is 12.4. The van der Waals surface area contributed by atoms with Crippen LogP contribution in [0.4, 0.5) is 0 Å². The van der Waals surface area contributed by atoms with Crippen LogP contribution in [0.2, 0.25) is 0 Å². The summed E-state index contributed by atoms with van der Waals surface area (Å²) in [7, 11) is 0. The van der Waals surface area contributed by atoms with Crippen LogP contribution >= 0.6 is 11.3 Å². The van der Waals surface area contributed by atoms with Crippen LogP contribution in [0.1, 0.15) is 25.7 Å². The first-order chi connectivity index (χ1) is 9.04.